The summed E-state index contributed by atoms with van der Waals surface area (Å²) in [6.45, 7) is 3.95. The molecule has 6 heteroatoms. The monoisotopic (exact) mass is 254 g/mol. The fraction of sp³-hybridized carbons (Fsp3) is 0.500. The Morgan fingerprint density at radius 3 is 2.50 bits per heavy atom. The minimum Gasteiger partial charge on any atom is -0.298 e. The van der Waals surface area contributed by atoms with Crippen molar-refractivity contribution in [3.8, 4) is 0 Å². The lowest BCUT2D eigenvalue weighted by atomic mass is 10.0. The van der Waals surface area contributed by atoms with E-state index in [1.54, 1.807) is 0 Å². The van der Waals surface area contributed by atoms with E-state index in [1.807, 2.05) is 32.8 Å². The number of hydrogen-bond acceptors (Lipinski definition) is 4. The highest BCUT2D eigenvalue weighted by molar-refractivity contribution is 5.82. The lowest BCUT2D eigenvalue weighted by Gasteiger charge is -2.26. The molecule has 2 N–H and O–H groups in total. The van der Waals surface area contributed by atoms with Crippen LogP contribution in [0.25, 0.3) is 0 Å². The number of aromatic nitrogens is 1. The second-order valence-corrected chi connectivity index (χ2v) is 4.63. The number of hydrazine groups is 1. The summed E-state index contributed by atoms with van der Waals surface area (Å²) in [7, 11) is 3.70. The average Bonchev–Trinajstić information content (AvgIpc) is 2.27. The lowest BCUT2D eigenvalue weighted by Crippen LogP contribution is -2.48. The molecule has 1 rings (SSSR count). The molecule has 0 radical (unpaired) electrons. The quantitative estimate of drug-likeness (QED) is 0.776. The first kappa shape index (κ1) is 14.4. The van der Waals surface area contributed by atoms with Crippen LogP contribution in [0.4, 0.5) is 10.2 Å². The van der Waals surface area contributed by atoms with Crippen molar-refractivity contribution < 1.29 is 9.18 Å². The highest BCUT2D eigenvalue weighted by atomic mass is 19.1. The zero-order valence-electron chi connectivity index (χ0n) is 11.1. The van der Waals surface area contributed by atoms with Gasteiger partial charge in [-0.2, -0.15) is 0 Å². The molecule has 0 aliphatic carbocycles. The molecule has 0 aliphatic rings. The number of nitrogens with one attached hydrogen (secondary N) is 2. The Bertz CT molecular complexity index is 384. The summed E-state index contributed by atoms with van der Waals surface area (Å²) in [5, 5.41) is 0. The van der Waals surface area contributed by atoms with Crippen LogP contribution in [-0.2, 0) is 4.79 Å². The van der Waals surface area contributed by atoms with E-state index in [0.29, 0.717) is 5.82 Å². The first-order valence-electron chi connectivity index (χ1n) is 5.75. The molecule has 0 aromatic carbocycles. The molecule has 1 aromatic heterocycles. The van der Waals surface area contributed by atoms with Gasteiger partial charge in [0.15, 0.2) is 0 Å². The Hall–Kier alpha value is -1.69. The number of hydrogen-bond donors (Lipinski definition) is 2. The van der Waals surface area contributed by atoms with Gasteiger partial charge in [0.25, 0.3) is 5.91 Å². The van der Waals surface area contributed by atoms with Crippen molar-refractivity contribution in [3.05, 3.63) is 24.1 Å². The van der Waals surface area contributed by atoms with Crippen molar-refractivity contribution >= 4 is 11.7 Å². The van der Waals surface area contributed by atoms with E-state index in [-0.39, 0.29) is 17.9 Å². The van der Waals surface area contributed by atoms with Crippen LogP contribution < -0.4 is 10.9 Å². The van der Waals surface area contributed by atoms with Crippen LogP contribution in [0.15, 0.2) is 18.3 Å². The van der Waals surface area contributed by atoms with E-state index < -0.39 is 5.82 Å². The second kappa shape index (κ2) is 6.30. The number of pyridine rings is 1. The highest BCUT2D eigenvalue weighted by Gasteiger charge is 2.23. The van der Waals surface area contributed by atoms with Crippen LogP contribution in [0.2, 0.25) is 0 Å². The molecule has 1 amide bonds. The first-order chi connectivity index (χ1) is 8.41. The molecule has 0 aliphatic heterocycles. The van der Waals surface area contributed by atoms with Crippen molar-refractivity contribution in [2.45, 2.75) is 19.9 Å². The molecular formula is C12H19FN4O. The maximum Gasteiger partial charge on any atom is 0.255 e. The Kier molecular flexibility index (Phi) is 5.03. The summed E-state index contributed by atoms with van der Waals surface area (Å²) in [6, 6.07) is 2.49. The predicted molar refractivity (Wildman–Crippen MR) is 68.3 cm³/mol. The molecule has 0 saturated heterocycles. The fourth-order valence-corrected chi connectivity index (χ4v) is 1.78. The van der Waals surface area contributed by atoms with E-state index in [4.69, 9.17) is 0 Å². The van der Waals surface area contributed by atoms with Crippen molar-refractivity contribution in [3.63, 3.8) is 0 Å². The molecule has 0 fully saturated rings. The maximum atomic E-state index is 12.6. The predicted octanol–water partition coefficient (Wildman–Crippen LogP) is 1.25. The number of anilines is 1. The van der Waals surface area contributed by atoms with Gasteiger partial charge in [-0.25, -0.2) is 9.37 Å². The topological polar surface area (TPSA) is 57.3 Å². The number of carbonyl (C=O) groups is 1. The van der Waals surface area contributed by atoms with Crippen LogP contribution in [-0.4, -0.2) is 35.9 Å². The number of likely N-dealkylation sites (N-methyl/N-ethyl adjacent to an activating group) is 1. The van der Waals surface area contributed by atoms with Crippen LogP contribution >= 0.6 is 0 Å². The number of halogens is 1. The molecule has 1 atom stereocenters. The minimum atomic E-state index is -0.416. The molecule has 100 valence electrons. The number of carbonyl (C=O) groups excluding carboxylic acids is 1. The smallest absolute Gasteiger partial charge is 0.255 e. The minimum absolute atomic E-state index is 0.152. The Morgan fingerprint density at radius 1 is 1.39 bits per heavy atom. The Morgan fingerprint density at radius 2 is 2.06 bits per heavy atom. The molecule has 18 heavy (non-hydrogen) atoms. The van der Waals surface area contributed by atoms with Crippen molar-refractivity contribution in [2.24, 2.45) is 5.92 Å². The second-order valence-electron chi connectivity index (χ2n) is 4.63. The zero-order valence-corrected chi connectivity index (χ0v) is 11.1. The summed E-state index contributed by atoms with van der Waals surface area (Å²) in [4.78, 5) is 17.6. The van der Waals surface area contributed by atoms with Gasteiger partial charge in [-0.15, -0.1) is 0 Å². The lowest BCUT2D eigenvalue weighted by molar-refractivity contribution is -0.126. The Balaban J connectivity index is 2.57. The summed E-state index contributed by atoms with van der Waals surface area (Å²) in [5.74, 6) is 0.00957. The van der Waals surface area contributed by atoms with Gasteiger partial charge < -0.3 is 0 Å². The zero-order chi connectivity index (χ0) is 13.7. The van der Waals surface area contributed by atoms with Gasteiger partial charge >= 0.3 is 0 Å². The fourth-order valence-electron chi connectivity index (χ4n) is 1.78. The van der Waals surface area contributed by atoms with Crippen molar-refractivity contribution in [1.82, 2.24) is 15.3 Å². The van der Waals surface area contributed by atoms with Crippen LogP contribution in [0.1, 0.15) is 13.8 Å². The van der Waals surface area contributed by atoms with Gasteiger partial charge in [0, 0.05) is 0 Å². The molecule has 1 unspecified atom stereocenters. The van der Waals surface area contributed by atoms with E-state index in [0.717, 1.165) is 6.20 Å². The van der Waals surface area contributed by atoms with Gasteiger partial charge in [0.05, 0.1) is 12.2 Å². The molecule has 1 heterocycles. The summed E-state index contributed by atoms with van der Waals surface area (Å²) >= 11 is 0. The third-order valence-corrected chi connectivity index (χ3v) is 2.50. The Labute approximate surface area is 106 Å². The number of amides is 1. The SMILES string of the molecule is CC(C)C(C(=O)NNc1ccc(F)cn1)N(C)C. The molecule has 0 spiro atoms. The van der Waals surface area contributed by atoms with E-state index in [2.05, 4.69) is 15.8 Å². The third-order valence-electron chi connectivity index (χ3n) is 2.50. The summed E-state index contributed by atoms with van der Waals surface area (Å²) in [5.41, 5.74) is 5.22. The van der Waals surface area contributed by atoms with Crippen LogP contribution in [0.3, 0.4) is 0 Å². The van der Waals surface area contributed by atoms with Gasteiger partial charge in [-0.3, -0.25) is 20.5 Å². The van der Waals surface area contributed by atoms with Gasteiger partial charge in [-0.05, 0) is 32.1 Å². The largest absolute Gasteiger partial charge is 0.298 e. The van der Waals surface area contributed by atoms with Gasteiger partial charge in [0.1, 0.15) is 11.6 Å². The van der Waals surface area contributed by atoms with Gasteiger partial charge in [-0.1, -0.05) is 13.8 Å². The van der Waals surface area contributed by atoms with E-state index >= 15 is 0 Å². The summed E-state index contributed by atoms with van der Waals surface area (Å²) < 4.78 is 12.6. The summed E-state index contributed by atoms with van der Waals surface area (Å²) in [6.07, 6.45) is 1.08. The average molecular weight is 254 g/mol. The van der Waals surface area contributed by atoms with E-state index in [1.165, 1.54) is 12.1 Å². The molecular weight excluding hydrogens is 235 g/mol. The van der Waals surface area contributed by atoms with Crippen molar-refractivity contribution in [1.29, 1.82) is 0 Å². The standard InChI is InChI=1S/C12H19FN4O/c1-8(2)11(17(3)4)12(18)16-15-10-6-5-9(13)7-14-10/h5-8,11H,1-4H3,(H,14,15)(H,16,18). The first-order valence-corrected chi connectivity index (χ1v) is 5.75. The van der Waals surface area contributed by atoms with Crippen molar-refractivity contribution in [2.75, 3.05) is 19.5 Å². The molecule has 0 bridgehead atoms. The normalized spacial score (nSPS) is 12.6. The van der Waals surface area contributed by atoms with Gasteiger partial charge in [0.2, 0.25) is 0 Å². The maximum absolute atomic E-state index is 12.6. The van der Waals surface area contributed by atoms with Crippen LogP contribution in [0, 0.1) is 11.7 Å². The highest BCUT2D eigenvalue weighted by Crippen LogP contribution is 2.08. The van der Waals surface area contributed by atoms with Crippen LogP contribution in [0.5, 0.6) is 0 Å². The van der Waals surface area contributed by atoms with E-state index in [9.17, 15) is 9.18 Å². The third kappa shape index (κ3) is 3.96. The number of nitrogens with zero attached hydrogens (tertiary/aromatic N) is 2. The molecule has 0 saturated carbocycles. The number of rotatable bonds is 5. The molecule has 1 aromatic rings. The molecule has 5 nitrogen and oxygen atoms in total.